The summed E-state index contributed by atoms with van der Waals surface area (Å²) in [4.78, 5) is 0. The third-order valence-corrected chi connectivity index (χ3v) is 1.64. The van der Waals surface area contributed by atoms with Crippen LogP contribution in [0.3, 0.4) is 0 Å². The Balaban J connectivity index is 3.25. The molecule has 14 heavy (non-hydrogen) atoms. The van der Waals surface area contributed by atoms with E-state index in [0.717, 1.165) is 18.2 Å². The zero-order chi connectivity index (χ0) is 10.7. The largest absolute Gasteiger partial charge is 0.505 e. The Morgan fingerprint density at radius 2 is 2.00 bits per heavy atom. The zero-order valence-electron chi connectivity index (χ0n) is 6.85. The minimum absolute atomic E-state index is 0.372. The molecule has 1 aromatic rings. The van der Waals surface area contributed by atoms with Gasteiger partial charge in [-0.15, -0.1) is 0 Å². The molecule has 0 atom stereocenters. The molecule has 0 fully saturated rings. The van der Waals surface area contributed by atoms with Crippen molar-refractivity contribution in [1.29, 1.82) is 0 Å². The van der Waals surface area contributed by atoms with Gasteiger partial charge in [0.15, 0.2) is 11.6 Å². The fourth-order valence-corrected chi connectivity index (χ4v) is 0.967. The first-order chi connectivity index (χ1) is 6.57. The average Bonchev–Trinajstić information content (AvgIpc) is 2.13. The smallest absolute Gasteiger partial charge is 0.266 e. The minimum Gasteiger partial charge on any atom is -0.505 e. The molecule has 0 amide bonds. The fraction of sp³-hybridized carbons (Fsp3) is 0.111. The first-order valence-corrected chi connectivity index (χ1v) is 3.64. The van der Waals surface area contributed by atoms with E-state index in [2.05, 4.69) is 0 Å². The van der Waals surface area contributed by atoms with E-state index in [0.29, 0.717) is 0 Å². The molecule has 5 heteroatoms. The summed E-state index contributed by atoms with van der Waals surface area (Å²) < 4.78 is 49.3. The Hall–Kier alpha value is -1.52. The summed E-state index contributed by atoms with van der Waals surface area (Å²) in [7, 11) is 0. The van der Waals surface area contributed by atoms with Crippen LogP contribution in [0.5, 0.6) is 5.75 Å². The van der Waals surface area contributed by atoms with Crippen molar-refractivity contribution in [1.82, 2.24) is 0 Å². The Labute approximate surface area is 77.3 Å². The average molecular weight is 206 g/mol. The summed E-state index contributed by atoms with van der Waals surface area (Å²) in [6.45, 7) is 0. The topological polar surface area (TPSA) is 20.2 Å². The number of rotatable bonds is 2. The molecule has 0 aromatic heterocycles. The summed E-state index contributed by atoms with van der Waals surface area (Å²) in [6.07, 6.45) is -3.50. The first kappa shape index (κ1) is 10.6. The molecule has 0 saturated heterocycles. The van der Waals surface area contributed by atoms with E-state index < -0.39 is 29.1 Å². The van der Waals surface area contributed by atoms with Crippen molar-refractivity contribution < 1.29 is 22.7 Å². The quantitative estimate of drug-likeness (QED) is 0.737. The number of phenolic OH excluding ortho intramolecular Hbond substituents is 1. The van der Waals surface area contributed by atoms with Crippen LogP contribution in [0.1, 0.15) is 5.56 Å². The van der Waals surface area contributed by atoms with Gasteiger partial charge >= 0.3 is 0 Å². The van der Waals surface area contributed by atoms with Crippen LogP contribution in [0.25, 0.3) is 5.57 Å². The van der Waals surface area contributed by atoms with Crippen molar-refractivity contribution in [3.8, 4) is 5.75 Å². The third-order valence-electron chi connectivity index (χ3n) is 1.64. The second-order valence-electron chi connectivity index (χ2n) is 2.50. The van der Waals surface area contributed by atoms with Crippen molar-refractivity contribution in [3.05, 3.63) is 35.9 Å². The molecule has 1 aromatic carbocycles. The Kier molecular flexibility index (Phi) is 3.11. The third kappa shape index (κ3) is 1.86. The van der Waals surface area contributed by atoms with Crippen LogP contribution >= 0.6 is 0 Å². The molecule has 0 aliphatic heterocycles. The molecule has 0 saturated carbocycles. The maximum absolute atomic E-state index is 13.0. The number of benzene rings is 1. The van der Waals surface area contributed by atoms with Gasteiger partial charge in [-0.05, 0) is 6.07 Å². The maximum Gasteiger partial charge on any atom is 0.266 e. The lowest BCUT2D eigenvalue weighted by atomic mass is 10.1. The first-order valence-electron chi connectivity index (χ1n) is 3.64. The molecule has 0 spiro atoms. The lowest BCUT2D eigenvalue weighted by molar-refractivity contribution is 0.213. The maximum atomic E-state index is 13.0. The fourth-order valence-electron chi connectivity index (χ4n) is 0.967. The van der Waals surface area contributed by atoms with Crippen molar-refractivity contribution in [2.24, 2.45) is 0 Å². The number of phenols is 1. The molecule has 76 valence electrons. The van der Waals surface area contributed by atoms with E-state index in [1.54, 1.807) is 0 Å². The lowest BCUT2D eigenvalue weighted by Crippen LogP contribution is -1.98. The Bertz CT molecular complexity index is 360. The molecule has 1 N–H and O–H groups in total. The molecule has 0 bridgehead atoms. The van der Waals surface area contributed by atoms with Gasteiger partial charge < -0.3 is 5.11 Å². The SMILES string of the molecule is Oc1cccc(C(=CF)C(F)F)c1F. The molecule has 0 heterocycles. The lowest BCUT2D eigenvalue weighted by Gasteiger charge is -2.06. The van der Waals surface area contributed by atoms with Gasteiger partial charge in [0.1, 0.15) is 0 Å². The van der Waals surface area contributed by atoms with Gasteiger partial charge in [0.2, 0.25) is 0 Å². The highest BCUT2D eigenvalue weighted by Gasteiger charge is 2.19. The minimum atomic E-state index is -3.13. The predicted octanol–water partition coefficient (Wildman–Crippen LogP) is 3.11. The van der Waals surface area contributed by atoms with E-state index in [-0.39, 0.29) is 6.33 Å². The van der Waals surface area contributed by atoms with Gasteiger partial charge in [0.25, 0.3) is 6.43 Å². The van der Waals surface area contributed by atoms with Crippen LogP contribution in [0.15, 0.2) is 24.5 Å². The standard InChI is InChI=1S/C9H6F4O/c10-4-6(9(12)13)5-2-1-3-7(14)8(5)11/h1-4,9,14H. The normalized spacial score (nSPS) is 12.2. The van der Waals surface area contributed by atoms with Crippen LogP contribution in [0.4, 0.5) is 17.6 Å². The van der Waals surface area contributed by atoms with Gasteiger partial charge in [-0.2, -0.15) is 0 Å². The number of halogens is 4. The second kappa shape index (κ2) is 4.13. The summed E-state index contributed by atoms with van der Waals surface area (Å²) in [5, 5.41) is 8.86. The van der Waals surface area contributed by atoms with Crippen molar-refractivity contribution in [3.63, 3.8) is 0 Å². The zero-order valence-corrected chi connectivity index (χ0v) is 6.85. The molecular formula is C9H6F4O. The molecule has 0 radical (unpaired) electrons. The second-order valence-corrected chi connectivity index (χ2v) is 2.50. The summed E-state index contributed by atoms with van der Waals surface area (Å²) in [6, 6.07) is 3.10. The van der Waals surface area contributed by atoms with Crippen LogP contribution in [0, 0.1) is 5.82 Å². The Morgan fingerprint density at radius 3 is 2.50 bits per heavy atom. The monoisotopic (exact) mass is 206 g/mol. The Morgan fingerprint density at radius 1 is 1.36 bits per heavy atom. The van der Waals surface area contributed by atoms with E-state index >= 15 is 0 Å². The van der Waals surface area contributed by atoms with Gasteiger partial charge in [-0.1, -0.05) is 12.1 Å². The van der Waals surface area contributed by atoms with Crippen LogP contribution < -0.4 is 0 Å². The van der Waals surface area contributed by atoms with Gasteiger partial charge in [0.05, 0.1) is 11.9 Å². The van der Waals surface area contributed by atoms with E-state index in [1.807, 2.05) is 0 Å². The van der Waals surface area contributed by atoms with Crippen LogP contribution in [-0.4, -0.2) is 11.5 Å². The number of hydrogen-bond donors (Lipinski definition) is 1. The molecule has 1 rings (SSSR count). The molecule has 0 aliphatic carbocycles. The van der Waals surface area contributed by atoms with E-state index in [4.69, 9.17) is 5.11 Å². The molecule has 0 unspecified atom stereocenters. The molecule has 0 aliphatic rings. The predicted molar refractivity (Wildman–Crippen MR) is 43.2 cm³/mol. The summed E-state index contributed by atoms with van der Waals surface area (Å²) in [5.41, 5.74) is -1.72. The van der Waals surface area contributed by atoms with Gasteiger partial charge in [0, 0.05) is 5.56 Å². The van der Waals surface area contributed by atoms with Crippen molar-refractivity contribution in [2.45, 2.75) is 6.43 Å². The van der Waals surface area contributed by atoms with Gasteiger partial charge in [-0.25, -0.2) is 17.6 Å². The van der Waals surface area contributed by atoms with Crippen molar-refractivity contribution >= 4 is 5.57 Å². The number of alkyl halides is 2. The van der Waals surface area contributed by atoms with Gasteiger partial charge in [-0.3, -0.25) is 0 Å². The van der Waals surface area contributed by atoms with E-state index in [1.165, 1.54) is 0 Å². The highest BCUT2D eigenvalue weighted by atomic mass is 19.3. The summed E-state index contributed by atoms with van der Waals surface area (Å²) in [5.74, 6) is -2.04. The number of allylic oxidation sites excluding steroid dienone is 1. The summed E-state index contributed by atoms with van der Waals surface area (Å²) >= 11 is 0. The highest BCUT2D eigenvalue weighted by Crippen LogP contribution is 2.28. The van der Waals surface area contributed by atoms with E-state index in [9.17, 15) is 17.6 Å². The van der Waals surface area contributed by atoms with Crippen molar-refractivity contribution in [2.75, 3.05) is 0 Å². The molecule has 1 nitrogen and oxygen atoms in total. The van der Waals surface area contributed by atoms with Crippen LogP contribution in [-0.2, 0) is 0 Å². The molecular weight excluding hydrogens is 200 g/mol. The van der Waals surface area contributed by atoms with Crippen LogP contribution in [0.2, 0.25) is 0 Å². The number of hydrogen-bond acceptors (Lipinski definition) is 1. The highest BCUT2D eigenvalue weighted by molar-refractivity contribution is 5.68. The number of aromatic hydroxyl groups is 1.